The topological polar surface area (TPSA) is 74.7 Å². The number of imide groups is 1. The molecule has 1 saturated carbocycles. The van der Waals surface area contributed by atoms with Gasteiger partial charge in [0.1, 0.15) is 0 Å². The highest BCUT2D eigenvalue weighted by atomic mass is 16.4. The van der Waals surface area contributed by atoms with Gasteiger partial charge in [-0.1, -0.05) is 12.8 Å². The lowest BCUT2D eigenvalue weighted by molar-refractivity contribution is -0.122. The second-order valence-electron chi connectivity index (χ2n) is 5.36. The highest BCUT2D eigenvalue weighted by molar-refractivity contribution is 6.22. The van der Waals surface area contributed by atoms with E-state index in [1.807, 2.05) is 0 Å². The maximum absolute atomic E-state index is 12.4. The van der Waals surface area contributed by atoms with Crippen molar-refractivity contribution in [2.45, 2.75) is 25.7 Å². The number of hydrogen-bond acceptors (Lipinski definition) is 3. The molecule has 1 saturated heterocycles. The number of anilines is 1. The minimum Gasteiger partial charge on any atom is -0.478 e. The molecule has 3 rings (SSSR count). The van der Waals surface area contributed by atoms with E-state index < -0.39 is 5.97 Å². The molecule has 0 aromatic heterocycles. The Hall–Kier alpha value is -2.17. The van der Waals surface area contributed by atoms with Gasteiger partial charge in [0, 0.05) is 0 Å². The maximum atomic E-state index is 12.4. The van der Waals surface area contributed by atoms with Crippen molar-refractivity contribution in [2.75, 3.05) is 4.90 Å². The Morgan fingerprint density at radius 3 is 1.95 bits per heavy atom. The fourth-order valence-corrected chi connectivity index (χ4v) is 3.17. The normalized spacial score (nSPS) is 25.7. The number of amides is 2. The summed E-state index contributed by atoms with van der Waals surface area (Å²) in [4.78, 5) is 36.8. The van der Waals surface area contributed by atoms with E-state index >= 15 is 0 Å². The predicted molar refractivity (Wildman–Crippen MR) is 71.3 cm³/mol. The maximum Gasteiger partial charge on any atom is 0.335 e. The molecule has 2 aliphatic rings. The largest absolute Gasteiger partial charge is 0.478 e. The van der Waals surface area contributed by atoms with Crippen molar-refractivity contribution in [3.05, 3.63) is 29.8 Å². The third-order valence-electron chi connectivity index (χ3n) is 4.21. The molecule has 5 nitrogen and oxygen atoms in total. The van der Waals surface area contributed by atoms with Crippen molar-refractivity contribution in [2.24, 2.45) is 11.8 Å². The minimum absolute atomic E-state index is 0.136. The van der Waals surface area contributed by atoms with Crippen LogP contribution >= 0.6 is 0 Å². The van der Waals surface area contributed by atoms with Crippen LogP contribution in [0.3, 0.4) is 0 Å². The third kappa shape index (κ3) is 1.90. The Balaban J connectivity index is 1.91. The SMILES string of the molecule is O=C(O)c1ccc(N2C(=O)[C@H]3CCCC[C@@H]3C2=O)cc1. The summed E-state index contributed by atoms with van der Waals surface area (Å²) in [6, 6.07) is 5.88. The minimum atomic E-state index is -1.02. The van der Waals surface area contributed by atoms with Crippen LogP contribution in [-0.4, -0.2) is 22.9 Å². The molecule has 5 heteroatoms. The van der Waals surface area contributed by atoms with Gasteiger partial charge in [0.25, 0.3) is 0 Å². The predicted octanol–water partition coefficient (Wildman–Crippen LogP) is 2.06. The Bertz CT molecular complexity index is 554. The van der Waals surface area contributed by atoms with Crippen molar-refractivity contribution in [3.8, 4) is 0 Å². The van der Waals surface area contributed by atoms with Crippen LogP contribution in [0, 0.1) is 11.8 Å². The average Bonchev–Trinajstić information content (AvgIpc) is 2.72. The average molecular weight is 273 g/mol. The standard InChI is InChI=1S/C15H15NO4/c17-13-11-3-1-2-4-12(11)14(18)16(13)10-7-5-9(6-8-10)15(19)20/h5-8,11-12H,1-4H2,(H,19,20)/t11-,12-/m0/s1. The summed E-state index contributed by atoms with van der Waals surface area (Å²) in [5, 5.41) is 8.87. The zero-order chi connectivity index (χ0) is 14.3. The fraction of sp³-hybridized carbons (Fsp3) is 0.400. The van der Waals surface area contributed by atoms with E-state index in [2.05, 4.69) is 0 Å². The quantitative estimate of drug-likeness (QED) is 0.837. The van der Waals surface area contributed by atoms with Gasteiger partial charge in [-0.3, -0.25) is 14.5 Å². The lowest BCUT2D eigenvalue weighted by Gasteiger charge is -2.19. The molecule has 0 spiro atoms. The summed E-state index contributed by atoms with van der Waals surface area (Å²) in [6.45, 7) is 0. The number of benzene rings is 1. The van der Waals surface area contributed by atoms with Gasteiger partial charge < -0.3 is 5.11 Å². The Morgan fingerprint density at radius 1 is 1.00 bits per heavy atom. The molecule has 20 heavy (non-hydrogen) atoms. The number of aromatic carboxylic acids is 1. The van der Waals surface area contributed by atoms with Gasteiger partial charge in [0.05, 0.1) is 23.1 Å². The van der Waals surface area contributed by atoms with E-state index in [0.717, 1.165) is 25.7 Å². The van der Waals surface area contributed by atoms with Crippen molar-refractivity contribution >= 4 is 23.5 Å². The summed E-state index contributed by atoms with van der Waals surface area (Å²) in [6.07, 6.45) is 3.54. The molecule has 104 valence electrons. The highest BCUT2D eigenvalue weighted by Gasteiger charge is 2.48. The summed E-state index contributed by atoms with van der Waals surface area (Å²) in [7, 11) is 0. The van der Waals surface area contributed by atoms with E-state index in [9.17, 15) is 14.4 Å². The van der Waals surface area contributed by atoms with Gasteiger partial charge in [0.2, 0.25) is 11.8 Å². The molecule has 0 bridgehead atoms. The van der Waals surface area contributed by atoms with Crippen LogP contribution in [0.25, 0.3) is 0 Å². The third-order valence-corrected chi connectivity index (χ3v) is 4.21. The van der Waals surface area contributed by atoms with Crippen molar-refractivity contribution in [3.63, 3.8) is 0 Å². The van der Waals surface area contributed by atoms with Gasteiger partial charge in [-0.25, -0.2) is 4.79 Å². The molecule has 0 unspecified atom stereocenters. The van der Waals surface area contributed by atoms with Crippen LogP contribution in [0.4, 0.5) is 5.69 Å². The summed E-state index contributed by atoms with van der Waals surface area (Å²) in [5.41, 5.74) is 0.615. The number of nitrogens with zero attached hydrogens (tertiary/aromatic N) is 1. The highest BCUT2D eigenvalue weighted by Crippen LogP contribution is 2.39. The van der Waals surface area contributed by atoms with E-state index in [0.29, 0.717) is 5.69 Å². The lowest BCUT2D eigenvalue weighted by atomic mass is 9.81. The number of carboxylic acids is 1. The van der Waals surface area contributed by atoms with E-state index in [1.165, 1.54) is 29.2 Å². The summed E-state index contributed by atoms with van der Waals surface area (Å²) >= 11 is 0. The van der Waals surface area contributed by atoms with Crippen LogP contribution in [0.2, 0.25) is 0 Å². The van der Waals surface area contributed by atoms with Crippen molar-refractivity contribution in [1.29, 1.82) is 0 Å². The second kappa shape index (κ2) is 4.74. The molecule has 1 aromatic carbocycles. The molecular formula is C15H15NO4. The van der Waals surface area contributed by atoms with E-state index in [-0.39, 0.29) is 29.2 Å². The zero-order valence-corrected chi connectivity index (χ0v) is 10.9. The number of carbonyl (C=O) groups excluding carboxylic acids is 2. The van der Waals surface area contributed by atoms with Crippen LogP contribution in [0.5, 0.6) is 0 Å². The summed E-state index contributed by atoms with van der Waals surface area (Å²) in [5.74, 6) is -1.67. The Labute approximate surface area is 116 Å². The smallest absolute Gasteiger partial charge is 0.335 e. The number of fused-ring (bicyclic) bond motifs is 1. The molecule has 0 radical (unpaired) electrons. The monoisotopic (exact) mass is 273 g/mol. The van der Waals surface area contributed by atoms with Gasteiger partial charge in [-0.05, 0) is 37.1 Å². The summed E-state index contributed by atoms with van der Waals surface area (Å²) < 4.78 is 0. The van der Waals surface area contributed by atoms with Crippen molar-refractivity contribution < 1.29 is 19.5 Å². The number of carbonyl (C=O) groups is 3. The van der Waals surface area contributed by atoms with Gasteiger partial charge in [-0.2, -0.15) is 0 Å². The number of carboxylic acid groups (broad SMARTS) is 1. The molecule has 1 heterocycles. The van der Waals surface area contributed by atoms with Crippen molar-refractivity contribution in [1.82, 2.24) is 0 Å². The molecule has 2 amide bonds. The first kappa shape index (κ1) is 12.8. The van der Waals surface area contributed by atoms with Crippen LogP contribution < -0.4 is 4.90 Å². The van der Waals surface area contributed by atoms with Gasteiger partial charge in [-0.15, -0.1) is 0 Å². The molecule has 2 atom stereocenters. The molecule has 1 aliphatic carbocycles. The zero-order valence-electron chi connectivity index (χ0n) is 10.9. The Kier molecular flexibility index (Phi) is 3.04. The molecular weight excluding hydrogens is 258 g/mol. The van der Waals surface area contributed by atoms with Gasteiger partial charge >= 0.3 is 5.97 Å². The van der Waals surface area contributed by atoms with Crippen LogP contribution in [-0.2, 0) is 9.59 Å². The number of rotatable bonds is 2. The molecule has 1 N–H and O–H groups in total. The lowest BCUT2D eigenvalue weighted by Crippen LogP contribution is -2.30. The van der Waals surface area contributed by atoms with Crippen LogP contribution in [0.15, 0.2) is 24.3 Å². The number of hydrogen-bond donors (Lipinski definition) is 1. The molecule has 1 aliphatic heterocycles. The van der Waals surface area contributed by atoms with Gasteiger partial charge in [0.15, 0.2) is 0 Å². The Morgan fingerprint density at radius 2 is 1.50 bits per heavy atom. The first-order chi connectivity index (χ1) is 9.59. The molecule has 2 fully saturated rings. The fourth-order valence-electron chi connectivity index (χ4n) is 3.17. The molecule has 1 aromatic rings. The van der Waals surface area contributed by atoms with E-state index in [4.69, 9.17) is 5.11 Å². The van der Waals surface area contributed by atoms with E-state index in [1.54, 1.807) is 0 Å². The van der Waals surface area contributed by atoms with Crippen LogP contribution in [0.1, 0.15) is 36.0 Å². The first-order valence-electron chi connectivity index (χ1n) is 6.81. The second-order valence-corrected chi connectivity index (χ2v) is 5.36. The first-order valence-corrected chi connectivity index (χ1v) is 6.81.